The molecule has 1 aliphatic heterocycles. The van der Waals surface area contributed by atoms with E-state index in [1.807, 2.05) is 11.0 Å². The van der Waals surface area contributed by atoms with Crippen molar-refractivity contribution in [3.63, 3.8) is 0 Å². The van der Waals surface area contributed by atoms with Gasteiger partial charge in [0.05, 0.1) is 9.82 Å². The SMILES string of the molecule is O=C(CCc1ccc(S(=O)(=O)NC2CC2)cc1)N1CCN(Cc2cccc([N+](=O)[O-])c2)CC1. The van der Waals surface area contributed by atoms with Gasteiger partial charge in [0.15, 0.2) is 0 Å². The van der Waals surface area contributed by atoms with E-state index in [4.69, 9.17) is 0 Å². The predicted octanol–water partition coefficient (Wildman–Crippen LogP) is 2.31. The van der Waals surface area contributed by atoms with Crippen molar-refractivity contribution in [3.05, 3.63) is 69.8 Å². The number of piperazine rings is 1. The number of rotatable bonds is 9. The second kappa shape index (κ2) is 9.98. The van der Waals surface area contributed by atoms with E-state index in [1.54, 1.807) is 36.4 Å². The highest BCUT2D eigenvalue weighted by molar-refractivity contribution is 7.89. The first-order chi connectivity index (χ1) is 15.8. The standard InChI is InChI=1S/C23H28N4O5S/c28-23(11-6-18-4-9-22(10-5-18)33(31,32)24-20-7-8-20)26-14-12-25(13-15-26)17-19-2-1-3-21(16-19)27(29)30/h1-5,9-10,16,20,24H,6-8,11-15,17H2. The molecule has 0 radical (unpaired) electrons. The molecular weight excluding hydrogens is 444 g/mol. The summed E-state index contributed by atoms with van der Waals surface area (Å²) >= 11 is 0. The van der Waals surface area contributed by atoms with E-state index in [0.29, 0.717) is 32.5 Å². The van der Waals surface area contributed by atoms with E-state index in [2.05, 4.69) is 9.62 Å². The smallest absolute Gasteiger partial charge is 0.269 e. The molecule has 0 bridgehead atoms. The van der Waals surface area contributed by atoms with Gasteiger partial charge in [0, 0.05) is 57.3 Å². The first-order valence-electron chi connectivity index (χ1n) is 11.1. The fourth-order valence-corrected chi connectivity index (χ4v) is 5.22. The number of sulfonamides is 1. The number of aryl methyl sites for hydroxylation is 1. The summed E-state index contributed by atoms with van der Waals surface area (Å²) in [5, 5.41) is 10.9. The molecule has 1 amide bonds. The summed E-state index contributed by atoms with van der Waals surface area (Å²) in [5.41, 5.74) is 1.91. The highest BCUT2D eigenvalue weighted by Crippen LogP contribution is 2.22. The summed E-state index contributed by atoms with van der Waals surface area (Å²) in [5.74, 6) is 0.0806. The maximum atomic E-state index is 12.6. The number of nitro groups is 1. The minimum Gasteiger partial charge on any atom is -0.340 e. The average Bonchev–Trinajstić information content (AvgIpc) is 3.62. The zero-order valence-corrected chi connectivity index (χ0v) is 19.2. The Labute approximate surface area is 193 Å². The van der Waals surface area contributed by atoms with E-state index in [-0.39, 0.29) is 22.5 Å². The Balaban J connectivity index is 1.22. The lowest BCUT2D eigenvalue weighted by Crippen LogP contribution is -2.48. The Hall–Kier alpha value is -2.82. The first-order valence-corrected chi connectivity index (χ1v) is 12.6. The number of hydrogen-bond donors (Lipinski definition) is 1. The van der Waals surface area contributed by atoms with Gasteiger partial charge >= 0.3 is 0 Å². The highest BCUT2D eigenvalue weighted by Gasteiger charge is 2.28. The molecule has 2 aliphatic rings. The molecule has 0 aromatic heterocycles. The molecule has 2 fully saturated rings. The number of carbonyl (C=O) groups is 1. The molecule has 9 nitrogen and oxygen atoms in total. The number of non-ortho nitro benzene ring substituents is 1. The molecule has 0 unspecified atom stereocenters. The normalized spacial score (nSPS) is 17.2. The topological polar surface area (TPSA) is 113 Å². The summed E-state index contributed by atoms with van der Waals surface area (Å²) < 4.78 is 27.2. The molecule has 33 heavy (non-hydrogen) atoms. The largest absolute Gasteiger partial charge is 0.340 e. The summed E-state index contributed by atoms with van der Waals surface area (Å²) in [6, 6.07) is 13.4. The molecular formula is C23H28N4O5S. The summed E-state index contributed by atoms with van der Waals surface area (Å²) in [7, 11) is -3.46. The third-order valence-electron chi connectivity index (χ3n) is 6.01. The molecule has 1 N–H and O–H groups in total. The minimum atomic E-state index is -3.46. The number of carbonyl (C=O) groups excluding carboxylic acids is 1. The van der Waals surface area contributed by atoms with Crippen molar-refractivity contribution in [2.45, 2.75) is 43.2 Å². The van der Waals surface area contributed by atoms with Crippen molar-refractivity contribution in [3.8, 4) is 0 Å². The van der Waals surface area contributed by atoms with Crippen molar-refractivity contribution in [1.82, 2.24) is 14.5 Å². The van der Waals surface area contributed by atoms with Crippen LogP contribution in [0.15, 0.2) is 53.4 Å². The Kier molecular flexibility index (Phi) is 7.06. The Morgan fingerprint density at radius 1 is 1.03 bits per heavy atom. The van der Waals surface area contributed by atoms with Gasteiger partial charge in [-0.3, -0.25) is 19.8 Å². The minimum absolute atomic E-state index is 0.0685. The van der Waals surface area contributed by atoms with Crippen LogP contribution in [0.4, 0.5) is 5.69 Å². The quantitative estimate of drug-likeness (QED) is 0.443. The lowest BCUT2D eigenvalue weighted by Gasteiger charge is -2.34. The summed E-state index contributed by atoms with van der Waals surface area (Å²) in [6.07, 6.45) is 2.71. The third kappa shape index (κ3) is 6.37. The van der Waals surface area contributed by atoms with Crippen molar-refractivity contribution in [1.29, 1.82) is 0 Å². The van der Waals surface area contributed by atoms with Gasteiger partial charge in [-0.2, -0.15) is 0 Å². The van der Waals surface area contributed by atoms with E-state index < -0.39 is 14.9 Å². The molecule has 1 heterocycles. The van der Waals surface area contributed by atoms with Crippen LogP contribution in [0.1, 0.15) is 30.4 Å². The van der Waals surface area contributed by atoms with Crippen molar-refractivity contribution >= 4 is 21.6 Å². The van der Waals surface area contributed by atoms with Crippen LogP contribution in [-0.4, -0.2) is 61.3 Å². The van der Waals surface area contributed by atoms with E-state index in [1.165, 1.54) is 6.07 Å². The van der Waals surface area contributed by atoms with Gasteiger partial charge in [0.1, 0.15) is 0 Å². The molecule has 176 valence electrons. The second-order valence-corrected chi connectivity index (χ2v) is 10.3. The fourth-order valence-electron chi connectivity index (χ4n) is 3.92. The molecule has 4 rings (SSSR count). The van der Waals surface area contributed by atoms with E-state index >= 15 is 0 Å². The Morgan fingerprint density at radius 3 is 2.36 bits per heavy atom. The molecule has 2 aromatic rings. The van der Waals surface area contributed by atoms with Gasteiger partial charge in [0.25, 0.3) is 5.69 Å². The number of hydrogen-bond acceptors (Lipinski definition) is 6. The molecule has 10 heteroatoms. The summed E-state index contributed by atoms with van der Waals surface area (Å²) in [6.45, 7) is 3.30. The predicted molar refractivity (Wildman–Crippen MR) is 123 cm³/mol. The van der Waals surface area contributed by atoms with Gasteiger partial charge in [-0.05, 0) is 42.5 Å². The van der Waals surface area contributed by atoms with Crippen LogP contribution < -0.4 is 4.72 Å². The van der Waals surface area contributed by atoms with Gasteiger partial charge in [-0.25, -0.2) is 13.1 Å². The fraction of sp³-hybridized carbons (Fsp3) is 0.435. The van der Waals surface area contributed by atoms with Crippen LogP contribution in [0.25, 0.3) is 0 Å². The van der Waals surface area contributed by atoms with Crippen LogP contribution in [0.3, 0.4) is 0 Å². The maximum Gasteiger partial charge on any atom is 0.269 e. The lowest BCUT2D eigenvalue weighted by atomic mass is 10.1. The zero-order chi connectivity index (χ0) is 23.4. The third-order valence-corrected chi connectivity index (χ3v) is 7.55. The van der Waals surface area contributed by atoms with Crippen LogP contribution in [-0.2, 0) is 27.8 Å². The van der Waals surface area contributed by atoms with Crippen molar-refractivity contribution < 1.29 is 18.1 Å². The van der Waals surface area contributed by atoms with Crippen LogP contribution >= 0.6 is 0 Å². The molecule has 1 saturated heterocycles. The van der Waals surface area contributed by atoms with Gasteiger partial charge < -0.3 is 4.90 Å². The van der Waals surface area contributed by atoms with Gasteiger partial charge in [0.2, 0.25) is 15.9 Å². The van der Waals surface area contributed by atoms with Gasteiger partial charge in [-0.1, -0.05) is 24.3 Å². The molecule has 1 aliphatic carbocycles. The molecule has 2 aromatic carbocycles. The Morgan fingerprint density at radius 2 is 1.73 bits per heavy atom. The molecule has 0 atom stereocenters. The zero-order valence-electron chi connectivity index (χ0n) is 18.4. The number of amides is 1. The molecule has 1 saturated carbocycles. The van der Waals surface area contributed by atoms with E-state index in [0.717, 1.165) is 37.1 Å². The van der Waals surface area contributed by atoms with Crippen molar-refractivity contribution in [2.75, 3.05) is 26.2 Å². The highest BCUT2D eigenvalue weighted by atomic mass is 32.2. The summed E-state index contributed by atoms with van der Waals surface area (Å²) in [4.78, 5) is 27.5. The second-order valence-electron chi connectivity index (χ2n) is 8.62. The number of nitro benzene ring substituents is 1. The molecule has 0 spiro atoms. The van der Waals surface area contributed by atoms with Crippen molar-refractivity contribution in [2.24, 2.45) is 0 Å². The van der Waals surface area contributed by atoms with Gasteiger partial charge in [-0.15, -0.1) is 0 Å². The number of nitrogens with zero attached hydrogens (tertiary/aromatic N) is 3. The van der Waals surface area contributed by atoms with Crippen LogP contribution in [0.2, 0.25) is 0 Å². The number of nitrogens with one attached hydrogen (secondary N) is 1. The van der Waals surface area contributed by atoms with Crippen LogP contribution in [0.5, 0.6) is 0 Å². The van der Waals surface area contributed by atoms with Crippen LogP contribution in [0, 0.1) is 10.1 Å². The average molecular weight is 473 g/mol. The first kappa shape index (κ1) is 23.3. The number of benzene rings is 2. The maximum absolute atomic E-state index is 12.6. The monoisotopic (exact) mass is 472 g/mol. The lowest BCUT2D eigenvalue weighted by molar-refractivity contribution is -0.384. The Bertz CT molecular complexity index is 1110. The van der Waals surface area contributed by atoms with E-state index in [9.17, 15) is 23.3 Å².